The smallest absolute Gasteiger partial charge is 0.251 e. The standard InChI is InChI=1S/C17H17Cl2N5O2/c1-17(2,24-9-13(19)7-21-24)16(25)22-14-8-20-23(10-14)11-26-15-5-3-4-12(18)6-15/h3-10H,11H2,1-2H3,(H,22,25). The number of carbonyl (C=O) groups is 1. The van der Waals surface area contributed by atoms with Crippen LogP contribution in [-0.4, -0.2) is 25.5 Å². The molecule has 26 heavy (non-hydrogen) atoms. The Morgan fingerprint density at radius 1 is 1.19 bits per heavy atom. The van der Waals surface area contributed by atoms with E-state index in [0.29, 0.717) is 21.5 Å². The minimum Gasteiger partial charge on any atom is -0.471 e. The molecular formula is C17H17Cl2N5O2. The molecule has 0 radical (unpaired) electrons. The molecule has 0 saturated heterocycles. The number of hydrogen-bond acceptors (Lipinski definition) is 4. The monoisotopic (exact) mass is 393 g/mol. The predicted molar refractivity (Wildman–Crippen MR) is 99.5 cm³/mol. The van der Waals surface area contributed by atoms with Crippen LogP contribution in [0, 0.1) is 0 Å². The predicted octanol–water partition coefficient (Wildman–Crippen LogP) is 3.80. The summed E-state index contributed by atoms with van der Waals surface area (Å²) in [5.74, 6) is 0.392. The molecule has 3 aromatic rings. The number of rotatable bonds is 6. The fraction of sp³-hybridized carbons (Fsp3) is 0.235. The lowest BCUT2D eigenvalue weighted by Crippen LogP contribution is -2.40. The minimum atomic E-state index is -0.910. The van der Waals surface area contributed by atoms with E-state index in [9.17, 15) is 4.79 Å². The van der Waals surface area contributed by atoms with Gasteiger partial charge >= 0.3 is 0 Å². The van der Waals surface area contributed by atoms with Crippen molar-refractivity contribution in [2.75, 3.05) is 5.32 Å². The van der Waals surface area contributed by atoms with Gasteiger partial charge in [-0.15, -0.1) is 0 Å². The summed E-state index contributed by atoms with van der Waals surface area (Å²) >= 11 is 11.8. The van der Waals surface area contributed by atoms with Gasteiger partial charge in [0.25, 0.3) is 5.91 Å². The lowest BCUT2D eigenvalue weighted by Gasteiger charge is -2.23. The maximum atomic E-state index is 12.6. The molecule has 1 amide bonds. The Morgan fingerprint density at radius 2 is 2.00 bits per heavy atom. The molecule has 2 aromatic heterocycles. The number of carbonyl (C=O) groups excluding carboxylic acids is 1. The number of anilines is 1. The first kappa shape index (κ1) is 18.3. The summed E-state index contributed by atoms with van der Waals surface area (Å²) in [5.41, 5.74) is -0.358. The number of amides is 1. The highest BCUT2D eigenvalue weighted by Crippen LogP contribution is 2.20. The first-order valence-electron chi connectivity index (χ1n) is 7.77. The number of hydrogen-bond donors (Lipinski definition) is 1. The van der Waals surface area contributed by atoms with E-state index in [2.05, 4.69) is 15.5 Å². The van der Waals surface area contributed by atoms with Crippen LogP contribution < -0.4 is 10.1 Å². The summed E-state index contributed by atoms with van der Waals surface area (Å²) in [7, 11) is 0. The molecule has 3 rings (SSSR count). The van der Waals surface area contributed by atoms with Gasteiger partial charge in [-0.2, -0.15) is 10.2 Å². The molecule has 0 unspecified atom stereocenters. The highest BCUT2D eigenvalue weighted by atomic mass is 35.5. The van der Waals surface area contributed by atoms with Crippen molar-refractivity contribution in [3.05, 3.63) is 59.1 Å². The largest absolute Gasteiger partial charge is 0.471 e. The van der Waals surface area contributed by atoms with E-state index in [1.54, 1.807) is 61.4 Å². The molecule has 136 valence electrons. The van der Waals surface area contributed by atoms with E-state index in [0.717, 1.165) is 0 Å². The number of aromatic nitrogens is 4. The molecule has 9 heteroatoms. The summed E-state index contributed by atoms with van der Waals surface area (Å²) in [6, 6.07) is 7.09. The summed E-state index contributed by atoms with van der Waals surface area (Å²) in [6.07, 6.45) is 6.31. The van der Waals surface area contributed by atoms with Crippen molar-refractivity contribution < 1.29 is 9.53 Å². The molecule has 1 aromatic carbocycles. The highest BCUT2D eigenvalue weighted by molar-refractivity contribution is 6.30. The van der Waals surface area contributed by atoms with Gasteiger partial charge in [0.05, 0.1) is 29.3 Å². The minimum absolute atomic E-state index is 0.189. The van der Waals surface area contributed by atoms with Crippen molar-refractivity contribution in [1.29, 1.82) is 0 Å². The van der Waals surface area contributed by atoms with Gasteiger partial charge in [-0.05, 0) is 32.0 Å². The van der Waals surface area contributed by atoms with Crippen molar-refractivity contribution in [3.8, 4) is 5.75 Å². The fourth-order valence-electron chi connectivity index (χ4n) is 2.19. The first-order valence-corrected chi connectivity index (χ1v) is 8.53. The Kier molecular flexibility index (Phi) is 5.20. The Morgan fingerprint density at radius 3 is 2.69 bits per heavy atom. The molecule has 0 atom stereocenters. The maximum absolute atomic E-state index is 12.6. The van der Waals surface area contributed by atoms with Crippen LogP contribution in [-0.2, 0) is 17.1 Å². The molecular weight excluding hydrogens is 377 g/mol. The zero-order valence-electron chi connectivity index (χ0n) is 14.2. The Bertz CT molecular complexity index is 919. The molecule has 0 aliphatic rings. The third-order valence-corrected chi connectivity index (χ3v) is 4.16. The zero-order chi connectivity index (χ0) is 18.7. The second kappa shape index (κ2) is 7.39. The van der Waals surface area contributed by atoms with Crippen molar-refractivity contribution in [2.45, 2.75) is 26.1 Å². The Hall–Kier alpha value is -2.51. The van der Waals surface area contributed by atoms with Crippen LogP contribution in [0.4, 0.5) is 5.69 Å². The van der Waals surface area contributed by atoms with Crippen molar-refractivity contribution in [3.63, 3.8) is 0 Å². The van der Waals surface area contributed by atoms with Gasteiger partial charge in [-0.3, -0.25) is 9.48 Å². The Balaban J connectivity index is 1.62. The van der Waals surface area contributed by atoms with Gasteiger partial charge in [0.15, 0.2) is 6.73 Å². The summed E-state index contributed by atoms with van der Waals surface area (Å²) in [6.45, 7) is 3.69. The van der Waals surface area contributed by atoms with Gasteiger partial charge in [0.1, 0.15) is 11.3 Å². The van der Waals surface area contributed by atoms with E-state index < -0.39 is 5.54 Å². The third-order valence-electron chi connectivity index (χ3n) is 3.73. The van der Waals surface area contributed by atoms with Crippen molar-refractivity contribution in [1.82, 2.24) is 19.6 Å². The van der Waals surface area contributed by atoms with Crippen molar-refractivity contribution >= 4 is 34.8 Å². The molecule has 0 aliphatic heterocycles. The van der Waals surface area contributed by atoms with Crippen LogP contribution >= 0.6 is 23.2 Å². The molecule has 0 saturated carbocycles. The van der Waals surface area contributed by atoms with E-state index in [1.165, 1.54) is 10.9 Å². The van der Waals surface area contributed by atoms with Crippen LogP contribution in [0.1, 0.15) is 13.8 Å². The molecule has 0 bridgehead atoms. The van der Waals surface area contributed by atoms with Crippen LogP contribution in [0.2, 0.25) is 10.0 Å². The number of benzene rings is 1. The molecule has 0 spiro atoms. The van der Waals surface area contributed by atoms with Gasteiger partial charge in [0.2, 0.25) is 0 Å². The van der Waals surface area contributed by atoms with E-state index in [4.69, 9.17) is 27.9 Å². The molecule has 7 nitrogen and oxygen atoms in total. The van der Waals surface area contributed by atoms with Crippen molar-refractivity contribution in [2.24, 2.45) is 0 Å². The van der Waals surface area contributed by atoms with E-state index in [1.807, 2.05) is 0 Å². The SMILES string of the molecule is CC(C)(C(=O)Nc1cnn(COc2cccc(Cl)c2)c1)n1cc(Cl)cn1. The van der Waals surface area contributed by atoms with Gasteiger partial charge in [-0.1, -0.05) is 29.3 Å². The molecule has 2 heterocycles. The lowest BCUT2D eigenvalue weighted by molar-refractivity contribution is -0.123. The fourth-order valence-corrected chi connectivity index (χ4v) is 2.51. The molecule has 0 aliphatic carbocycles. The normalized spacial score (nSPS) is 11.4. The summed E-state index contributed by atoms with van der Waals surface area (Å²) < 4.78 is 8.68. The average Bonchev–Trinajstić information content (AvgIpc) is 3.22. The van der Waals surface area contributed by atoms with Gasteiger partial charge in [0, 0.05) is 11.2 Å². The number of nitrogens with zero attached hydrogens (tertiary/aromatic N) is 4. The van der Waals surface area contributed by atoms with Crippen LogP contribution in [0.3, 0.4) is 0 Å². The molecule has 0 fully saturated rings. The number of ether oxygens (including phenoxy) is 1. The van der Waals surface area contributed by atoms with E-state index >= 15 is 0 Å². The summed E-state index contributed by atoms with van der Waals surface area (Å²) in [4.78, 5) is 12.6. The van der Waals surface area contributed by atoms with E-state index in [-0.39, 0.29) is 12.6 Å². The lowest BCUT2D eigenvalue weighted by atomic mass is 10.1. The van der Waals surface area contributed by atoms with Crippen LogP contribution in [0.15, 0.2) is 49.1 Å². The Labute approximate surface area is 160 Å². The van der Waals surface area contributed by atoms with Crippen LogP contribution in [0.25, 0.3) is 0 Å². The van der Waals surface area contributed by atoms with Crippen LogP contribution in [0.5, 0.6) is 5.75 Å². The highest BCUT2D eigenvalue weighted by Gasteiger charge is 2.31. The second-order valence-corrected chi connectivity index (χ2v) is 6.99. The maximum Gasteiger partial charge on any atom is 0.251 e. The quantitative estimate of drug-likeness (QED) is 0.690. The van der Waals surface area contributed by atoms with Gasteiger partial charge in [-0.25, -0.2) is 4.68 Å². The third kappa shape index (κ3) is 4.17. The zero-order valence-corrected chi connectivity index (χ0v) is 15.7. The second-order valence-electron chi connectivity index (χ2n) is 6.12. The number of halogens is 2. The summed E-state index contributed by atoms with van der Waals surface area (Å²) in [5, 5.41) is 12.1. The first-order chi connectivity index (χ1) is 12.3. The molecule has 1 N–H and O–H groups in total. The topological polar surface area (TPSA) is 74.0 Å². The average molecular weight is 394 g/mol. The number of nitrogens with one attached hydrogen (secondary N) is 1. The van der Waals surface area contributed by atoms with Gasteiger partial charge < -0.3 is 10.1 Å².